The summed E-state index contributed by atoms with van der Waals surface area (Å²) in [5.41, 5.74) is 0.428. The number of halogens is 1. The third-order valence-corrected chi connectivity index (χ3v) is 4.05. The summed E-state index contributed by atoms with van der Waals surface area (Å²) in [6.45, 7) is 0.595. The summed E-state index contributed by atoms with van der Waals surface area (Å²) in [6.07, 6.45) is 0.813. The van der Waals surface area contributed by atoms with Gasteiger partial charge in [0.15, 0.2) is 0 Å². The minimum absolute atomic E-state index is 0.0862. The summed E-state index contributed by atoms with van der Waals surface area (Å²) >= 11 is 0. The van der Waals surface area contributed by atoms with Gasteiger partial charge in [0.25, 0.3) is 0 Å². The Morgan fingerprint density at radius 3 is 2.83 bits per heavy atom. The van der Waals surface area contributed by atoms with E-state index in [9.17, 15) is 18.8 Å². The molecule has 1 aliphatic heterocycles. The first kappa shape index (κ1) is 17.9. The molecule has 1 heterocycles. The van der Waals surface area contributed by atoms with Crippen molar-refractivity contribution in [3.63, 3.8) is 0 Å². The van der Waals surface area contributed by atoms with Crippen molar-refractivity contribution in [2.75, 3.05) is 20.2 Å². The average Bonchev–Trinajstić information content (AvgIpc) is 2.58. The normalized spacial score (nSPS) is 17.5. The number of methoxy groups -OCH3 is 1. The van der Waals surface area contributed by atoms with E-state index in [1.54, 1.807) is 18.2 Å². The van der Waals surface area contributed by atoms with Gasteiger partial charge in [0, 0.05) is 31.6 Å². The third kappa shape index (κ3) is 4.78. The first-order valence-electron chi connectivity index (χ1n) is 7.87. The zero-order valence-electron chi connectivity index (χ0n) is 13.6. The summed E-state index contributed by atoms with van der Waals surface area (Å²) in [7, 11) is 1.29. The van der Waals surface area contributed by atoms with E-state index in [0.29, 0.717) is 12.0 Å². The van der Waals surface area contributed by atoms with Crippen LogP contribution in [0.1, 0.15) is 24.8 Å². The van der Waals surface area contributed by atoms with Crippen molar-refractivity contribution < 1.29 is 23.5 Å². The van der Waals surface area contributed by atoms with E-state index in [-0.39, 0.29) is 56.0 Å². The first-order chi connectivity index (χ1) is 11.5. The lowest BCUT2D eigenvalue weighted by Gasteiger charge is -2.32. The molecular weight excluding hydrogens is 315 g/mol. The Balaban J connectivity index is 1.90. The van der Waals surface area contributed by atoms with Crippen LogP contribution in [-0.4, -0.2) is 42.9 Å². The molecule has 1 aromatic rings. The van der Waals surface area contributed by atoms with Gasteiger partial charge in [-0.15, -0.1) is 0 Å². The molecule has 0 bridgehead atoms. The van der Waals surface area contributed by atoms with E-state index in [0.717, 1.165) is 0 Å². The highest BCUT2D eigenvalue weighted by Gasteiger charge is 2.30. The SMILES string of the molecule is COC(=O)CCNC(=O)C1CCC(=O)N(Cc2ccccc2F)C1. The van der Waals surface area contributed by atoms with Crippen molar-refractivity contribution in [2.24, 2.45) is 5.92 Å². The van der Waals surface area contributed by atoms with Crippen molar-refractivity contribution >= 4 is 17.8 Å². The number of hydrogen-bond donors (Lipinski definition) is 1. The van der Waals surface area contributed by atoms with Crippen LogP contribution >= 0.6 is 0 Å². The molecule has 24 heavy (non-hydrogen) atoms. The van der Waals surface area contributed by atoms with Crippen molar-refractivity contribution in [3.05, 3.63) is 35.6 Å². The summed E-state index contributed by atoms with van der Waals surface area (Å²) in [6, 6.07) is 6.28. The van der Waals surface area contributed by atoms with Crippen LogP contribution in [-0.2, 0) is 25.7 Å². The molecule has 1 atom stereocenters. The minimum Gasteiger partial charge on any atom is -0.469 e. The largest absolute Gasteiger partial charge is 0.469 e. The molecule has 1 aromatic carbocycles. The second kappa shape index (κ2) is 8.42. The molecule has 1 fully saturated rings. The highest BCUT2D eigenvalue weighted by atomic mass is 19.1. The number of ether oxygens (including phenoxy) is 1. The minimum atomic E-state index is -0.393. The van der Waals surface area contributed by atoms with Crippen molar-refractivity contribution in [3.8, 4) is 0 Å². The van der Waals surface area contributed by atoms with Gasteiger partial charge < -0.3 is 15.0 Å². The van der Waals surface area contributed by atoms with Gasteiger partial charge in [-0.2, -0.15) is 0 Å². The number of esters is 1. The van der Waals surface area contributed by atoms with E-state index in [4.69, 9.17) is 0 Å². The van der Waals surface area contributed by atoms with Crippen LogP contribution in [0.4, 0.5) is 4.39 Å². The summed E-state index contributed by atoms with van der Waals surface area (Å²) < 4.78 is 18.2. The van der Waals surface area contributed by atoms with Gasteiger partial charge in [-0.1, -0.05) is 18.2 Å². The molecule has 6 nitrogen and oxygen atoms in total. The predicted octanol–water partition coefficient (Wildman–Crippen LogP) is 1.24. The molecular formula is C17H21FN2O4. The summed E-state index contributed by atoms with van der Waals surface area (Å²) in [5, 5.41) is 2.68. The van der Waals surface area contributed by atoms with Crippen LogP contribution in [0.15, 0.2) is 24.3 Å². The number of nitrogens with one attached hydrogen (secondary N) is 1. The molecule has 1 saturated heterocycles. The van der Waals surface area contributed by atoms with Gasteiger partial charge in [-0.3, -0.25) is 14.4 Å². The smallest absolute Gasteiger partial charge is 0.307 e. The van der Waals surface area contributed by atoms with Gasteiger partial charge in [0.1, 0.15) is 5.82 Å². The second-order valence-electron chi connectivity index (χ2n) is 5.72. The van der Waals surface area contributed by atoms with E-state index >= 15 is 0 Å². The molecule has 2 rings (SSSR count). The molecule has 0 aromatic heterocycles. The number of likely N-dealkylation sites (tertiary alicyclic amines) is 1. The Hall–Kier alpha value is -2.44. The second-order valence-corrected chi connectivity index (χ2v) is 5.72. The van der Waals surface area contributed by atoms with Crippen LogP contribution < -0.4 is 5.32 Å². The standard InChI is InChI=1S/C17H21FN2O4/c1-24-16(22)8-9-19-17(23)13-6-7-15(21)20(11-13)10-12-4-2-3-5-14(12)18/h2-5,13H,6-11H2,1H3,(H,19,23). The number of amides is 2. The van der Waals surface area contributed by atoms with Crippen LogP contribution in [0.5, 0.6) is 0 Å². The van der Waals surface area contributed by atoms with Crippen LogP contribution in [0.2, 0.25) is 0 Å². The zero-order chi connectivity index (χ0) is 17.5. The Morgan fingerprint density at radius 1 is 1.38 bits per heavy atom. The predicted molar refractivity (Wildman–Crippen MR) is 84.2 cm³/mol. The molecule has 0 saturated carbocycles. The lowest BCUT2D eigenvalue weighted by Crippen LogP contribution is -2.45. The lowest BCUT2D eigenvalue weighted by molar-refractivity contribution is -0.140. The Morgan fingerprint density at radius 2 is 2.12 bits per heavy atom. The Labute approximate surface area is 140 Å². The number of nitrogens with zero attached hydrogens (tertiary/aromatic N) is 1. The van der Waals surface area contributed by atoms with Crippen molar-refractivity contribution in [1.82, 2.24) is 10.2 Å². The maximum absolute atomic E-state index is 13.7. The van der Waals surface area contributed by atoms with Crippen LogP contribution in [0.3, 0.4) is 0 Å². The quantitative estimate of drug-likeness (QED) is 0.793. The highest BCUT2D eigenvalue weighted by molar-refractivity contribution is 5.84. The number of carbonyl (C=O) groups excluding carboxylic acids is 3. The fraction of sp³-hybridized carbons (Fsp3) is 0.471. The number of carbonyl (C=O) groups is 3. The highest BCUT2D eigenvalue weighted by Crippen LogP contribution is 2.21. The van der Waals surface area contributed by atoms with Crippen molar-refractivity contribution in [2.45, 2.75) is 25.8 Å². The first-order valence-corrected chi connectivity index (χ1v) is 7.87. The molecule has 1 aliphatic rings. The Kier molecular flexibility index (Phi) is 6.28. The third-order valence-electron chi connectivity index (χ3n) is 4.05. The maximum atomic E-state index is 13.7. The average molecular weight is 336 g/mol. The summed E-state index contributed by atoms with van der Waals surface area (Å²) in [4.78, 5) is 36.7. The van der Waals surface area contributed by atoms with Gasteiger partial charge >= 0.3 is 5.97 Å². The van der Waals surface area contributed by atoms with E-state index in [2.05, 4.69) is 10.1 Å². The molecule has 2 amide bonds. The van der Waals surface area contributed by atoms with Crippen molar-refractivity contribution in [1.29, 1.82) is 0 Å². The zero-order valence-corrected chi connectivity index (χ0v) is 13.6. The van der Waals surface area contributed by atoms with Crippen LogP contribution in [0.25, 0.3) is 0 Å². The fourth-order valence-electron chi connectivity index (χ4n) is 2.65. The fourth-order valence-corrected chi connectivity index (χ4v) is 2.65. The molecule has 0 radical (unpaired) electrons. The number of piperidine rings is 1. The number of benzene rings is 1. The lowest BCUT2D eigenvalue weighted by atomic mass is 9.96. The molecule has 7 heteroatoms. The van der Waals surface area contributed by atoms with Gasteiger partial charge in [-0.05, 0) is 12.5 Å². The molecule has 0 spiro atoms. The summed E-state index contributed by atoms with van der Waals surface area (Å²) in [5.74, 6) is -1.40. The number of hydrogen-bond acceptors (Lipinski definition) is 4. The Bertz CT molecular complexity index is 620. The van der Waals surface area contributed by atoms with E-state index in [1.165, 1.54) is 18.1 Å². The van der Waals surface area contributed by atoms with E-state index < -0.39 is 5.97 Å². The van der Waals surface area contributed by atoms with Gasteiger partial charge in [0.2, 0.25) is 11.8 Å². The van der Waals surface area contributed by atoms with Gasteiger partial charge in [-0.25, -0.2) is 4.39 Å². The molecule has 130 valence electrons. The topological polar surface area (TPSA) is 75.7 Å². The molecule has 1 N–H and O–H groups in total. The molecule has 1 unspecified atom stereocenters. The number of rotatable bonds is 6. The molecule has 0 aliphatic carbocycles. The monoisotopic (exact) mass is 336 g/mol. The van der Waals surface area contributed by atoms with Gasteiger partial charge in [0.05, 0.1) is 19.4 Å². The van der Waals surface area contributed by atoms with E-state index in [1.807, 2.05) is 0 Å². The maximum Gasteiger partial charge on any atom is 0.307 e. The van der Waals surface area contributed by atoms with Crippen LogP contribution in [0, 0.1) is 11.7 Å².